The molecule has 0 saturated carbocycles. The Hall–Kier alpha value is -0.120. The molecule has 0 spiro atoms. The molecule has 0 N–H and O–H groups in total. The zero-order chi connectivity index (χ0) is 10.8. The topological polar surface area (TPSA) is 0 Å². The third kappa shape index (κ3) is 2.52. The number of rotatable bonds is 1. The maximum absolute atomic E-state index is 3.55. The molecule has 1 radical (unpaired) electrons. The highest BCUT2D eigenvalue weighted by Crippen LogP contribution is 2.37. The summed E-state index contributed by atoms with van der Waals surface area (Å²) in [4.78, 5) is 0. The molecule has 75 valence electrons. The van der Waals surface area contributed by atoms with Crippen LogP contribution in [0.5, 0.6) is 0 Å². The van der Waals surface area contributed by atoms with Gasteiger partial charge >= 0.3 is 0 Å². The van der Waals surface area contributed by atoms with Crippen molar-refractivity contribution in [3.63, 3.8) is 0 Å². The minimum atomic E-state index is 1.04. The summed E-state index contributed by atoms with van der Waals surface area (Å²) < 4.78 is 3.14. The molecule has 0 atom stereocenters. The lowest BCUT2D eigenvalue weighted by atomic mass is 10.1. The van der Waals surface area contributed by atoms with Crippen LogP contribution < -0.4 is 0 Å². The van der Waals surface area contributed by atoms with Crippen LogP contribution in [0.15, 0.2) is 49.8 Å². The molecule has 0 amide bonds. The van der Waals surface area contributed by atoms with E-state index in [9.17, 15) is 0 Å². The zero-order valence-electron chi connectivity index (χ0n) is 7.60. The Morgan fingerprint density at radius 2 is 1.60 bits per heavy atom. The number of hydrogen-bond acceptors (Lipinski definition) is 0. The average molecular weight is 390 g/mol. The van der Waals surface area contributed by atoms with Crippen molar-refractivity contribution >= 4 is 47.8 Å². The van der Waals surface area contributed by atoms with Gasteiger partial charge < -0.3 is 0 Å². The summed E-state index contributed by atoms with van der Waals surface area (Å²) in [7, 11) is 0. The standard InChI is InChI=1S/C12H6Br3/c13-9-6-10(14)12(11(15)7-9)8-4-2-1-3-5-8/h1-4,6-7H. The van der Waals surface area contributed by atoms with E-state index in [4.69, 9.17) is 0 Å². The first-order valence-corrected chi connectivity index (χ1v) is 6.68. The van der Waals surface area contributed by atoms with Gasteiger partial charge in [0, 0.05) is 19.0 Å². The largest absolute Gasteiger partial charge is 0.0616 e. The van der Waals surface area contributed by atoms with Gasteiger partial charge in [0.2, 0.25) is 0 Å². The lowest BCUT2D eigenvalue weighted by Crippen LogP contribution is -1.82. The fraction of sp³-hybridized carbons (Fsp3) is 0. The minimum absolute atomic E-state index is 1.04. The van der Waals surface area contributed by atoms with Crippen LogP contribution in [0.25, 0.3) is 11.1 Å². The Morgan fingerprint density at radius 3 is 2.13 bits per heavy atom. The first-order valence-electron chi connectivity index (χ1n) is 4.30. The molecule has 0 aliphatic heterocycles. The van der Waals surface area contributed by atoms with Crippen LogP contribution in [0.2, 0.25) is 0 Å². The third-order valence-corrected chi connectivity index (χ3v) is 3.69. The Bertz CT molecular complexity index is 454. The van der Waals surface area contributed by atoms with Crippen LogP contribution in [0.4, 0.5) is 0 Å². The fourth-order valence-electron chi connectivity index (χ4n) is 1.35. The van der Waals surface area contributed by atoms with Gasteiger partial charge in [-0.1, -0.05) is 72.1 Å². The fourth-order valence-corrected chi connectivity index (χ4v) is 4.03. The smallest absolute Gasteiger partial charge is 0.0276 e. The summed E-state index contributed by atoms with van der Waals surface area (Å²) in [6.07, 6.45) is 0. The van der Waals surface area contributed by atoms with E-state index in [0.29, 0.717) is 0 Å². The normalized spacial score (nSPS) is 10.3. The van der Waals surface area contributed by atoms with Crippen LogP contribution in [-0.4, -0.2) is 0 Å². The van der Waals surface area contributed by atoms with Crippen molar-refractivity contribution in [3.8, 4) is 11.1 Å². The van der Waals surface area contributed by atoms with Crippen molar-refractivity contribution in [1.82, 2.24) is 0 Å². The maximum Gasteiger partial charge on any atom is 0.0276 e. The molecule has 2 aromatic rings. The van der Waals surface area contributed by atoms with Crippen molar-refractivity contribution < 1.29 is 0 Å². The number of benzene rings is 2. The average Bonchev–Trinajstić information content (AvgIpc) is 2.17. The van der Waals surface area contributed by atoms with E-state index >= 15 is 0 Å². The summed E-state index contributed by atoms with van der Waals surface area (Å²) in [5.74, 6) is 0. The van der Waals surface area contributed by atoms with Crippen molar-refractivity contribution in [3.05, 3.63) is 55.9 Å². The van der Waals surface area contributed by atoms with Gasteiger partial charge in [0.25, 0.3) is 0 Å². The van der Waals surface area contributed by atoms with Crippen LogP contribution in [0.1, 0.15) is 0 Å². The monoisotopic (exact) mass is 387 g/mol. The predicted octanol–water partition coefficient (Wildman–Crippen LogP) is 5.44. The first-order chi connectivity index (χ1) is 7.18. The molecule has 3 heteroatoms. The van der Waals surface area contributed by atoms with Gasteiger partial charge in [-0.25, -0.2) is 0 Å². The highest BCUT2D eigenvalue weighted by Gasteiger charge is 2.08. The van der Waals surface area contributed by atoms with E-state index < -0.39 is 0 Å². The van der Waals surface area contributed by atoms with Gasteiger partial charge in [0.05, 0.1) is 0 Å². The Labute approximate surface area is 114 Å². The SMILES string of the molecule is Brc1cc(Br)c(-c2[c]cccc2)c(Br)c1. The Kier molecular flexibility index (Phi) is 3.65. The highest BCUT2D eigenvalue weighted by molar-refractivity contribution is 9.11. The quantitative estimate of drug-likeness (QED) is 0.609. The van der Waals surface area contributed by atoms with Crippen molar-refractivity contribution in [1.29, 1.82) is 0 Å². The summed E-state index contributed by atoms with van der Waals surface area (Å²) in [5, 5.41) is 0. The van der Waals surface area contributed by atoms with Gasteiger partial charge in [0.1, 0.15) is 0 Å². The second-order valence-electron chi connectivity index (χ2n) is 3.02. The van der Waals surface area contributed by atoms with E-state index in [1.807, 2.05) is 36.4 Å². The molecule has 0 fully saturated rings. The Balaban J connectivity index is 2.64. The Morgan fingerprint density at radius 1 is 0.933 bits per heavy atom. The van der Waals surface area contributed by atoms with E-state index in [0.717, 1.165) is 24.5 Å². The molecule has 0 nitrogen and oxygen atoms in total. The first kappa shape index (κ1) is 11.4. The molecule has 15 heavy (non-hydrogen) atoms. The number of hydrogen-bond donors (Lipinski definition) is 0. The van der Waals surface area contributed by atoms with Gasteiger partial charge in [-0.3, -0.25) is 0 Å². The molecule has 0 aliphatic carbocycles. The van der Waals surface area contributed by atoms with Gasteiger partial charge in [-0.2, -0.15) is 0 Å². The maximum atomic E-state index is 3.55. The second-order valence-corrected chi connectivity index (χ2v) is 5.65. The van der Waals surface area contributed by atoms with Gasteiger partial charge in [0.15, 0.2) is 0 Å². The van der Waals surface area contributed by atoms with Crippen molar-refractivity contribution in [2.75, 3.05) is 0 Å². The van der Waals surface area contributed by atoms with Crippen molar-refractivity contribution in [2.24, 2.45) is 0 Å². The zero-order valence-corrected chi connectivity index (χ0v) is 12.4. The number of halogens is 3. The van der Waals surface area contributed by atoms with Crippen LogP contribution >= 0.6 is 47.8 Å². The van der Waals surface area contributed by atoms with Crippen LogP contribution in [-0.2, 0) is 0 Å². The van der Waals surface area contributed by atoms with E-state index in [1.54, 1.807) is 0 Å². The van der Waals surface area contributed by atoms with E-state index in [-0.39, 0.29) is 0 Å². The molecule has 0 aromatic heterocycles. The molecule has 0 unspecified atom stereocenters. The molecule has 0 aliphatic rings. The van der Waals surface area contributed by atoms with Crippen LogP contribution in [0.3, 0.4) is 0 Å². The summed E-state index contributed by atoms with van der Waals surface area (Å²) in [6, 6.07) is 15.2. The minimum Gasteiger partial charge on any atom is -0.0616 e. The molecular weight excluding hydrogens is 384 g/mol. The summed E-state index contributed by atoms with van der Waals surface area (Å²) >= 11 is 10.6. The second kappa shape index (κ2) is 4.81. The highest BCUT2D eigenvalue weighted by atomic mass is 79.9. The molecule has 0 saturated heterocycles. The lowest BCUT2D eigenvalue weighted by Gasteiger charge is -2.07. The van der Waals surface area contributed by atoms with E-state index in [2.05, 4.69) is 53.9 Å². The van der Waals surface area contributed by atoms with Gasteiger partial charge in [-0.15, -0.1) is 0 Å². The summed E-state index contributed by atoms with van der Waals surface area (Å²) in [5.41, 5.74) is 2.20. The third-order valence-electron chi connectivity index (χ3n) is 1.99. The molecule has 0 heterocycles. The van der Waals surface area contributed by atoms with Gasteiger partial charge in [-0.05, 0) is 23.8 Å². The molecular formula is C12H6Br3. The molecule has 2 rings (SSSR count). The van der Waals surface area contributed by atoms with Crippen molar-refractivity contribution in [2.45, 2.75) is 0 Å². The predicted molar refractivity (Wildman–Crippen MR) is 73.8 cm³/mol. The molecule has 2 aromatic carbocycles. The summed E-state index contributed by atoms with van der Waals surface area (Å²) in [6.45, 7) is 0. The molecule has 0 bridgehead atoms. The van der Waals surface area contributed by atoms with E-state index in [1.165, 1.54) is 0 Å². The lowest BCUT2D eigenvalue weighted by molar-refractivity contribution is 1.52. The van der Waals surface area contributed by atoms with Crippen LogP contribution in [0, 0.1) is 6.07 Å².